The van der Waals surface area contributed by atoms with Crippen LogP contribution in [0.3, 0.4) is 0 Å². The number of halogens is 2. The first-order chi connectivity index (χ1) is 11.9. The van der Waals surface area contributed by atoms with Crippen molar-refractivity contribution in [2.45, 2.75) is 40.2 Å². The number of esters is 1. The molecule has 4 nitrogen and oxygen atoms in total. The van der Waals surface area contributed by atoms with Gasteiger partial charge in [0, 0.05) is 8.95 Å². The van der Waals surface area contributed by atoms with Crippen LogP contribution in [0.2, 0.25) is 0 Å². The molecule has 0 radical (unpaired) electrons. The van der Waals surface area contributed by atoms with Crippen molar-refractivity contribution >= 4 is 43.8 Å². The van der Waals surface area contributed by atoms with Gasteiger partial charge in [0.05, 0.1) is 11.1 Å². The Morgan fingerprint density at radius 2 is 1.31 bits per heavy atom. The van der Waals surface area contributed by atoms with Gasteiger partial charge in [0.2, 0.25) is 0 Å². The molecule has 0 spiro atoms. The van der Waals surface area contributed by atoms with Crippen molar-refractivity contribution in [2.75, 3.05) is 0 Å². The third-order valence-electron chi connectivity index (χ3n) is 3.23. The number of benzene rings is 2. The van der Waals surface area contributed by atoms with Crippen LogP contribution in [0.15, 0.2) is 45.3 Å². The second-order valence-corrected chi connectivity index (χ2v) is 8.56. The highest BCUT2D eigenvalue weighted by Crippen LogP contribution is 2.19. The van der Waals surface area contributed by atoms with Gasteiger partial charge in [-0.15, -0.1) is 0 Å². The molecule has 0 bridgehead atoms. The van der Waals surface area contributed by atoms with Gasteiger partial charge in [-0.1, -0.05) is 31.9 Å². The van der Waals surface area contributed by atoms with Crippen LogP contribution in [0.25, 0.3) is 0 Å². The predicted octanol–water partition coefficient (Wildman–Crippen LogP) is 6.17. The maximum absolute atomic E-state index is 11.8. The zero-order valence-electron chi connectivity index (χ0n) is 15.4. The molecule has 1 N–H and O–H groups in total. The molecule has 0 fully saturated rings. The van der Waals surface area contributed by atoms with E-state index < -0.39 is 11.6 Å². The van der Waals surface area contributed by atoms with Crippen LogP contribution in [-0.2, 0) is 4.74 Å². The lowest BCUT2D eigenvalue weighted by Crippen LogP contribution is -2.24. The first kappa shape index (κ1) is 22.4. The molecule has 0 aromatic heterocycles. The third-order valence-corrected chi connectivity index (χ3v) is 4.21. The molecule has 0 amide bonds. The summed E-state index contributed by atoms with van der Waals surface area (Å²) in [5.74, 6) is -1.15. The summed E-state index contributed by atoms with van der Waals surface area (Å²) >= 11 is 6.61. The molecule has 2 aromatic rings. The molecule has 6 heteroatoms. The van der Waals surface area contributed by atoms with Gasteiger partial charge in [0.1, 0.15) is 5.60 Å². The number of rotatable bonds is 2. The number of carbonyl (C=O) groups excluding carboxylic acids is 1. The van der Waals surface area contributed by atoms with Crippen molar-refractivity contribution in [3.05, 3.63) is 67.6 Å². The highest BCUT2D eigenvalue weighted by atomic mass is 79.9. The van der Waals surface area contributed by atoms with Crippen LogP contribution < -0.4 is 0 Å². The summed E-state index contributed by atoms with van der Waals surface area (Å²) in [6.07, 6.45) is 0. The van der Waals surface area contributed by atoms with Crippen LogP contribution >= 0.6 is 31.9 Å². The van der Waals surface area contributed by atoms with Gasteiger partial charge < -0.3 is 9.84 Å². The first-order valence-corrected chi connectivity index (χ1v) is 9.48. The van der Waals surface area contributed by atoms with Crippen molar-refractivity contribution in [2.24, 2.45) is 0 Å². The fraction of sp³-hybridized carbons (Fsp3) is 0.300. The molecule has 0 unspecified atom stereocenters. The van der Waals surface area contributed by atoms with Gasteiger partial charge in [-0.05, 0) is 82.1 Å². The number of hydrogen-bond acceptors (Lipinski definition) is 3. The van der Waals surface area contributed by atoms with E-state index in [2.05, 4.69) is 31.9 Å². The third kappa shape index (κ3) is 7.30. The van der Waals surface area contributed by atoms with Crippen molar-refractivity contribution in [3.63, 3.8) is 0 Å². The Kier molecular flexibility index (Phi) is 8.03. The summed E-state index contributed by atoms with van der Waals surface area (Å²) in [4.78, 5) is 22.3. The monoisotopic (exact) mass is 484 g/mol. The molecule has 140 valence electrons. The summed E-state index contributed by atoms with van der Waals surface area (Å²) in [6.45, 7) is 9.25. The number of carboxylic acids is 1. The minimum Gasteiger partial charge on any atom is -0.478 e. The van der Waals surface area contributed by atoms with Crippen LogP contribution in [0, 0.1) is 13.8 Å². The normalized spacial score (nSPS) is 10.6. The van der Waals surface area contributed by atoms with Crippen LogP contribution in [0.1, 0.15) is 52.6 Å². The van der Waals surface area contributed by atoms with Gasteiger partial charge in [0.25, 0.3) is 0 Å². The lowest BCUT2D eigenvalue weighted by Gasteiger charge is -2.20. The van der Waals surface area contributed by atoms with Crippen molar-refractivity contribution in [1.29, 1.82) is 0 Å². The second-order valence-electron chi connectivity index (χ2n) is 6.73. The Balaban J connectivity index is 0.000000273. The molecule has 0 heterocycles. The molecular formula is C20H22Br2O4. The van der Waals surface area contributed by atoms with Crippen LogP contribution in [0.4, 0.5) is 0 Å². The van der Waals surface area contributed by atoms with Crippen LogP contribution in [-0.4, -0.2) is 22.6 Å². The van der Waals surface area contributed by atoms with E-state index in [1.54, 1.807) is 31.2 Å². The van der Waals surface area contributed by atoms with Crippen molar-refractivity contribution in [1.82, 2.24) is 0 Å². The Morgan fingerprint density at radius 3 is 1.65 bits per heavy atom. The highest BCUT2D eigenvalue weighted by Gasteiger charge is 2.19. The summed E-state index contributed by atoms with van der Waals surface area (Å²) < 4.78 is 7.16. The topological polar surface area (TPSA) is 63.6 Å². The Bertz CT molecular complexity index is 808. The molecule has 0 aliphatic heterocycles. The van der Waals surface area contributed by atoms with Gasteiger partial charge in [-0.25, -0.2) is 9.59 Å². The predicted molar refractivity (Wildman–Crippen MR) is 110 cm³/mol. The molecule has 26 heavy (non-hydrogen) atoms. The molecule has 0 saturated carbocycles. The molecule has 2 rings (SSSR count). The molecule has 2 aromatic carbocycles. The minimum atomic E-state index is -0.880. The average Bonchev–Trinajstić information content (AvgIpc) is 2.45. The maximum atomic E-state index is 11.8. The SMILES string of the molecule is Cc1cc(Br)ccc1C(=O)O.Cc1cc(Br)ccc1C(=O)OC(C)(C)C. The fourth-order valence-electron chi connectivity index (χ4n) is 2.06. The number of aromatic carboxylic acids is 1. The lowest BCUT2D eigenvalue weighted by molar-refractivity contribution is 0.00685. The second kappa shape index (κ2) is 9.33. The van der Waals surface area contributed by atoms with E-state index in [0.717, 1.165) is 20.1 Å². The number of hydrogen-bond donors (Lipinski definition) is 1. The number of carboxylic acid groups (broad SMARTS) is 1. The number of carbonyl (C=O) groups is 2. The molecular weight excluding hydrogens is 464 g/mol. The van der Waals surface area contributed by atoms with Gasteiger partial charge in [0.15, 0.2) is 0 Å². The van der Waals surface area contributed by atoms with Gasteiger partial charge in [-0.2, -0.15) is 0 Å². The van der Waals surface area contributed by atoms with E-state index in [4.69, 9.17) is 9.84 Å². The first-order valence-electron chi connectivity index (χ1n) is 7.89. The fourth-order valence-corrected chi connectivity index (χ4v) is 3.01. The van der Waals surface area contributed by atoms with E-state index in [9.17, 15) is 9.59 Å². The Labute approximate surface area is 170 Å². The smallest absolute Gasteiger partial charge is 0.338 e. The number of aryl methyl sites for hydroxylation is 2. The minimum absolute atomic E-state index is 0.271. The van der Waals surface area contributed by atoms with Crippen molar-refractivity contribution in [3.8, 4) is 0 Å². The van der Waals surface area contributed by atoms with Gasteiger partial charge >= 0.3 is 11.9 Å². The molecule has 0 saturated heterocycles. The Hall–Kier alpha value is -1.66. The summed E-state index contributed by atoms with van der Waals surface area (Å²) in [7, 11) is 0. The summed E-state index contributed by atoms with van der Waals surface area (Å²) in [5.41, 5.74) is 2.21. The Morgan fingerprint density at radius 1 is 0.885 bits per heavy atom. The van der Waals surface area contributed by atoms with E-state index in [1.165, 1.54) is 0 Å². The number of ether oxygens (including phenoxy) is 1. The maximum Gasteiger partial charge on any atom is 0.338 e. The van der Waals surface area contributed by atoms with Crippen molar-refractivity contribution < 1.29 is 19.4 Å². The van der Waals surface area contributed by atoms with Gasteiger partial charge in [-0.3, -0.25) is 0 Å². The average molecular weight is 486 g/mol. The van der Waals surface area contributed by atoms with E-state index >= 15 is 0 Å². The van der Waals surface area contributed by atoms with E-state index in [-0.39, 0.29) is 5.97 Å². The van der Waals surface area contributed by atoms with Crippen LogP contribution in [0.5, 0.6) is 0 Å². The zero-order chi connectivity index (χ0) is 20.1. The summed E-state index contributed by atoms with van der Waals surface area (Å²) in [6, 6.07) is 10.6. The molecule has 0 aliphatic carbocycles. The van der Waals surface area contributed by atoms with E-state index in [1.807, 2.05) is 39.8 Å². The quantitative estimate of drug-likeness (QED) is 0.516. The van der Waals surface area contributed by atoms with E-state index in [0.29, 0.717) is 11.1 Å². The molecule has 0 atom stereocenters. The highest BCUT2D eigenvalue weighted by molar-refractivity contribution is 9.10. The lowest BCUT2D eigenvalue weighted by atomic mass is 10.1. The molecule has 0 aliphatic rings. The summed E-state index contributed by atoms with van der Waals surface area (Å²) in [5, 5.41) is 8.64. The standard InChI is InChI=1S/C12H15BrO2.C8H7BrO2/c1-8-7-9(13)5-6-10(8)11(14)15-12(2,3)4;1-5-4-6(9)2-3-7(5)8(10)11/h5-7H,1-4H3;2-4H,1H3,(H,10,11). The largest absolute Gasteiger partial charge is 0.478 e. The zero-order valence-corrected chi connectivity index (χ0v) is 18.6.